The van der Waals surface area contributed by atoms with Gasteiger partial charge in [0.05, 0.1) is 10.1 Å². The average molecular weight is 367 g/mol. The van der Waals surface area contributed by atoms with E-state index in [0.29, 0.717) is 0 Å². The number of ketones is 2. The van der Waals surface area contributed by atoms with Crippen LogP contribution in [0.3, 0.4) is 0 Å². The molecule has 0 bridgehead atoms. The van der Waals surface area contributed by atoms with Crippen LogP contribution in [0.15, 0.2) is 31.3 Å². The highest BCUT2D eigenvalue weighted by Gasteiger charge is 2.44. The molecule has 0 aromatic heterocycles. The average Bonchev–Trinajstić information content (AvgIpc) is 2.64. The van der Waals surface area contributed by atoms with Crippen molar-refractivity contribution in [3.63, 3.8) is 0 Å². The number of carbonyl (C=O) groups is 2. The second-order valence-corrected chi connectivity index (χ2v) is 5.92. The minimum atomic E-state index is -1.12. The third-order valence-corrected chi connectivity index (χ3v) is 5.11. The van der Waals surface area contributed by atoms with Gasteiger partial charge in [0.25, 0.3) is 0 Å². The van der Waals surface area contributed by atoms with Crippen molar-refractivity contribution >= 4 is 81.2 Å². The lowest BCUT2D eigenvalue weighted by atomic mass is 10.1. The van der Waals surface area contributed by atoms with Crippen LogP contribution in [0.25, 0.3) is 0 Å². The maximum atomic E-state index is 11.6. The summed E-state index contributed by atoms with van der Waals surface area (Å²) in [6.07, 6.45) is 0. The molecule has 0 amide bonds. The van der Waals surface area contributed by atoms with Crippen molar-refractivity contribution < 1.29 is 9.59 Å². The van der Waals surface area contributed by atoms with Crippen molar-refractivity contribution in [2.24, 2.45) is 0 Å². The second kappa shape index (κ2) is 5.01. The molecule has 0 saturated heterocycles. The highest BCUT2D eigenvalue weighted by Crippen LogP contribution is 2.47. The van der Waals surface area contributed by atoms with E-state index in [1.165, 1.54) is 0 Å². The largest absolute Gasteiger partial charge is 0.291 e. The Morgan fingerprint density at radius 3 is 1.06 bits per heavy atom. The smallest absolute Gasteiger partial charge is 0.198 e. The van der Waals surface area contributed by atoms with Crippen molar-refractivity contribution in [2.45, 2.75) is 10.8 Å². The van der Waals surface area contributed by atoms with Crippen molar-refractivity contribution in [1.29, 1.82) is 0 Å². The van der Waals surface area contributed by atoms with Gasteiger partial charge in [0, 0.05) is 11.1 Å². The number of Topliss-reactive ketones (excluding diaryl/α,β-unsaturated/α-hetero) is 2. The highest BCUT2D eigenvalue weighted by molar-refractivity contribution is 6.60. The fourth-order valence-corrected chi connectivity index (χ4v) is 3.59. The van der Waals surface area contributed by atoms with Crippen LogP contribution >= 0.6 is 69.6 Å². The van der Waals surface area contributed by atoms with Gasteiger partial charge < -0.3 is 0 Å². The molecule has 2 aliphatic rings. The van der Waals surface area contributed by atoms with Gasteiger partial charge in [-0.15, -0.1) is 23.2 Å². The summed E-state index contributed by atoms with van der Waals surface area (Å²) in [5, 5.41) is -2.76. The zero-order valence-electron chi connectivity index (χ0n) is 8.24. The molecule has 2 aliphatic carbocycles. The predicted molar refractivity (Wildman–Crippen MR) is 73.8 cm³/mol. The number of allylic oxidation sites excluding steroid dienone is 6. The Labute approximate surface area is 132 Å². The molecule has 0 heterocycles. The van der Waals surface area contributed by atoms with Crippen molar-refractivity contribution in [3.05, 3.63) is 31.3 Å². The summed E-state index contributed by atoms with van der Waals surface area (Å²) >= 11 is 35.1. The maximum absolute atomic E-state index is 11.6. The summed E-state index contributed by atoms with van der Waals surface area (Å²) in [5.41, 5.74) is 0.282. The topological polar surface area (TPSA) is 34.1 Å². The van der Waals surface area contributed by atoms with Gasteiger partial charge in [-0.2, -0.15) is 0 Å². The molecule has 0 unspecified atom stereocenters. The molecule has 0 aromatic rings. The minimum absolute atomic E-state index is 0.0559. The number of hydrogen-bond donors (Lipinski definition) is 0. The highest BCUT2D eigenvalue weighted by atomic mass is 35.5. The molecule has 0 aromatic carbocycles. The van der Waals surface area contributed by atoms with Crippen molar-refractivity contribution in [2.75, 3.05) is 0 Å². The Balaban J connectivity index is 2.71. The molecule has 2 rings (SSSR count). The van der Waals surface area contributed by atoms with Gasteiger partial charge in [0.2, 0.25) is 0 Å². The third kappa shape index (κ3) is 1.94. The third-order valence-electron chi connectivity index (χ3n) is 2.55. The number of rotatable bonds is 0. The Morgan fingerprint density at radius 1 is 0.611 bits per heavy atom. The molecule has 2 nitrogen and oxygen atoms in total. The number of halogens is 6. The van der Waals surface area contributed by atoms with E-state index >= 15 is 0 Å². The lowest BCUT2D eigenvalue weighted by Crippen LogP contribution is -2.16. The van der Waals surface area contributed by atoms with Crippen LogP contribution in [0, 0.1) is 0 Å². The summed E-state index contributed by atoms with van der Waals surface area (Å²) in [6, 6.07) is 0. The molecule has 2 atom stereocenters. The van der Waals surface area contributed by atoms with E-state index in [9.17, 15) is 9.59 Å². The summed E-state index contributed by atoms with van der Waals surface area (Å²) in [7, 11) is 0. The van der Waals surface area contributed by atoms with Crippen LogP contribution in [0.5, 0.6) is 0 Å². The van der Waals surface area contributed by atoms with Crippen LogP contribution in [-0.2, 0) is 9.59 Å². The van der Waals surface area contributed by atoms with Crippen molar-refractivity contribution in [3.8, 4) is 0 Å². The molecule has 8 heteroatoms. The van der Waals surface area contributed by atoms with E-state index in [0.717, 1.165) is 0 Å². The zero-order chi connectivity index (χ0) is 13.8. The quantitative estimate of drug-likeness (QED) is 0.606. The monoisotopic (exact) mass is 364 g/mol. The van der Waals surface area contributed by atoms with Crippen LogP contribution in [0.2, 0.25) is 0 Å². The van der Waals surface area contributed by atoms with Gasteiger partial charge in [-0.25, -0.2) is 0 Å². The fourth-order valence-electron chi connectivity index (χ4n) is 1.67. The number of hydrogen-bond acceptors (Lipinski definition) is 2. The van der Waals surface area contributed by atoms with Gasteiger partial charge in [-0.05, 0) is 0 Å². The first kappa shape index (κ1) is 14.7. The normalized spacial score (nSPS) is 33.2. The maximum Gasteiger partial charge on any atom is 0.198 e. The van der Waals surface area contributed by atoms with Crippen LogP contribution in [0.1, 0.15) is 0 Å². The number of alkyl halides is 2. The van der Waals surface area contributed by atoms with Gasteiger partial charge in [0.15, 0.2) is 11.6 Å². The van der Waals surface area contributed by atoms with Crippen LogP contribution < -0.4 is 0 Å². The lowest BCUT2D eigenvalue weighted by Gasteiger charge is -2.11. The minimum Gasteiger partial charge on any atom is -0.291 e. The zero-order valence-corrected chi connectivity index (χ0v) is 12.8. The van der Waals surface area contributed by atoms with Gasteiger partial charge in [-0.1, -0.05) is 46.4 Å². The fraction of sp³-hybridized carbons (Fsp3) is 0.200. The second-order valence-electron chi connectivity index (χ2n) is 3.54. The summed E-state index contributed by atoms with van der Waals surface area (Å²) in [6.45, 7) is 0. The van der Waals surface area contributed by atoms with Crippen molar-refractivity contribution in [1.82, 2.24) is 0 Å². The summed E-state index contributed by atoms with van der Waals surface area (Å²) < 4.78 is 0. The van der Waals surface area contributed by atoms with Gasteiger partial charge in [-0.3, -0.25) is 9.59 Å². The van der Waals surface area contributed by atoms with Crippen LogP contribution in [-0.4, -0.2) is 22.3 Å². The molecule has 0 radical (unpaired) electrons. The molecule has 0 spiro atoms. The predicted octanol–water partition coefficient (Wildman–Crippen LogP) is 4.04. The Kier molecular flexibility index (Phi) is 4.09. The molecule has 0 aliphatic heterocycles. The van der Waals surface area contributed by atoms with Crippen LogP contribution in [0.4, 0.5) is 0 Å². The van der Waals surface area contributed by atoms with E-state index in [2.05, 4.69) is 0 Å². The SMILES string of the molecule is O=C1C(Cl)=C(Cl)/C(=C2\C(Cl)=C(Cl)C(=O)[C@H]2Cl)[C@@H]1Cl. The molecule has 0 fully saturated rings. The molecule has 0 N–H and O–H groups in total. The van der Waals surface area contributed by atoms with E-state index in [1.54, 1.807) is 0 Å². The van der Waals surface area contributed by atoms with E-state index in [1.807, 2.05) is 0 Å². The van der Waals surface area contributed by atoms with Gasteiger partial charge >= 0.3 is 0 Å². The number of carbonyl (C=O) groups excluding carboxylic acids is 2. The summed E-state index contributed by atoms with van der Waals surface area (Å²) in [5.74, 6) is -1.12. The molecule has 0 saturated carbocycles. The molecular formula is C10H2Cl6O2. The van der Waals surface area contributed by atoms with Gasteiger partial charge in [0.1, 0.15) is 20.8 Å². The Bertz CT molecular complexity index is 521. The first-order valence-corrected chi connectivity index (χ1v) is 6.89. The van der Waals surface area contributed by atoms with E-state index in [4.69, 9.17) is 69.6 Å². The molecular weight excluding hydrogens is 365 g/mol. The van der Waals surface area contributed by atoms with E-state index < -0.39 is 22.3 Å². The Hall–Kier alpha value is 0.300. The summed E-state index contributed by atoms with van der Waals surface area (Å²) in [4.78, 5) is 23.2. The molecule has 18 heavy (non-hydrogen) atoms. The lowest BCUT2D eigenvalue weighted by molar-refractivity contribution is -0.114. The standard InChI is InChI=1S/C10H2Cl6O2/c11-3-1(5(13)9(17)7(3)15)2-4(12)8(16)10(18)6(2)14/h5-6H/b2-1-/t5-,6-/m0/s1. The first-order valence-electron chi connectivity index (χ1n) is 4.51. The van der Waals surface area contributed by atoms with E-state index in [-0.39, 0.29) is 31.3 Å². The Morgan fingerprint density at radius 2 is 0.889 bits per heavy atom. The first-order chi connectivity index (χ1) is 8.29. The molecule has 96 valence electrons.